The number of halogens is 1. The molecule has 1 atom stereocenters. The maximum atomic E-state index is 13.2. The molecule has 3 aromatic carbocycles. The molecule has 1 aliphatic heterocycles. The Bertz CT molecular complexity index is 1240. The third-order valence-corrected chi connectivity index (χ3v) is 6.09. The highest BCUT2D eigenvalue weighted by Gasteiger charge is 2.29. The molecule has 2 amide bonds. The molecule has 174 valence electrons. The van der Waals surface area contributed by atoms with Crippen LogP contribution in [0.2, 0.25) is 0 Å². The third kappa shape index (κ3) is 5.14. The van der Waals surface area contributed by atoms with Crippen LogP contribution in [0.1, 0.15) is 35.7 Å². The Balaban J connectivity index is 1.47. The van der Waals surface area contributed by atoms with Crippen molar-refractivity contribution in [3.8, 4) is 11.1 Å². The van der Waals surface area contributed by atoms with Crippen LogP contribution in [0.4, 0.5) is 15.8 Å². The summed E-state index contributed by atoms with van der Waals surface area (Å²) in [5.74, 6) is -0.744. The van der Waals surface area contributed by atoms with Gasteiger partial charge in [-0.05, 0) is 66.4 Å². The van der Waals surface area contributed by atoms with E-state index in [2.05, 4.69) is 5.32 Å². The molecule has 1 saturated heterocycles. The van der Waals surface area contributed by atoms with E-state index in [-0.39, 0.29) is 29.8 Å². The van der Waals surface area contributed by atoms with E-state index in [1.807, 2.05) is 0 Å². The molecule has 34 heavy (non-hydrogen) atoms. The number of hydrogen-bond acceptors (Lipinski definition) is 4. The number of nitrogens with two attached hydrogens (primary N) is 1. The SMILES string of the molecule is CC(C(=O)Cc1cccc(C(=O)Nc2cc(-c3ccc(F)cc3)ccc2N)c1)N1CCCC1=O. The standard InChI is InChI=1S/C27H26FN3O3/c1-17(31-13-3-6-26(31)33)25(32)15-18-4-2-5-21(14-18)27(34)30-24-16-20(9-12-23(24)29)19-7-10-22(28)11-8-19/h2,4-5,7-12,14,16-17H,3,6,13,15,29H2,1H3,(H,30,34). The van der Waals surface area contributed by atoms with E-state index in [4.69, 9.17) is 5.73 Å². The first kappa shape index (κ1) is 23.2. The molecule has 0 aromatic heterocycles. The number of anilines is 2. The quantitative estimate of drug-likeness (QED) is 0.511. The second kappa shape index (κ2) is 9.87. The van der Waals surface area contributed by atoms with Gasteiger partial charge in [-0.1, -0.05) is 30.3 Å². The van der Waals surface area contributed by atoms with Crippen molar-refractivity contribution in [1.82, 2.24) is 4.90 Å². The van der Waals surface area contributed by atoms with E-state index in [1.54, 1.807) is 66.4 Å². The molecule has 1 aliphatic rings. The molecule has 0 saturated carbocycles. The van der Waals surface area contributed by atoms with Gasteiger partial charge in [0.15, 0.2) is 5.78 Å². The van der Waals surface area contributed by atoms with Crippen molar-refractivity contribution >= 4 is 29.0 Å². The second-order valence-corrected chi connectivity index (χ2v) is 8.47. The van der Waals surface area contributed by atoms with Gasteiger partial charge in [0.25, 0.3) is 5.91 Å². The first-order chi connectivity index (χ1) is 16.3. The van der Waals surface area contributed by atoms with Gasteiger partial charge in [0.05, 0.1) is 17.4 Å². The Morgan fingerprint density at radius 2 is 1.79 bits per heavy atom. The van der Waals surface area contributed by atoms with Crippen molar-refractivity contribution in [1.29, 1.82) is 0 Å². The van der Waals surface area contributed by atoms with Gasteiger partial charge in [-0.2, -0.15) is 0 Å². The number of benzene rings is 3. The molecule has 1 heterocycles. The first-order valence-electron chi connectivity index (χ1n) is 11.2. The summed E-state index contributed by atoms with van der Waals surface area (Å²) >= 11 is 0. The van der Waals surface area contributed by atoms with E-state index in [0.717, 1.165) is 17.5 Å². The van der Waals surface area contributed by atoms with Gasteiger partial charge in [0.2, 0.25) is 5.91 Å². The molecule has 1 fully saturated rings. The number of carbonyl (C=O) groups is 3. The monoisotopic (exact) mass is 459 g/mol. The lowest BCUT2D eigenvalue weighted by Gasteiger charge is -2.23. The molecular weight excluding hydrogens is 433 g/mol. The summed E-state index contributed by atoms with van der Waals surface area (Å²) in [6.07, 6.45) is 1.39. The zero-order chi connectivity index (χ0) is 24.2. The lowest BCUT2D eigenvalue weighted by Crippen LogP contribution is -2.40. The van der Waals surface area contributed by atoms with Gasteiger partial charge >= 0.3 is 0 Å². The number of ketones is 1. The van der Waals surface area contributed by atoms with Crippen LogP contribution in [-0.2, 0) is 16.0 Å². The zero-order valence-corrected chi connectivity index (χ0v) is 18.9. The average molecular weight is 460 g/mol. The first-order valence-corrected chi connectivity index (χ1v) is 11.2. The Morgan fingerprint density at radius 1 is 1.06 bits per heavy atom. The van der Waals surface area contributed by atoms with Crippen LogP contribution < -0.4 is 11.1 Å². The van der Waals surface area contributed by atoms with E-state index in [9.17, 15) is 18.8 Å². The molecule has 6 nitrogen and oxygen atoms in total. The fraction of sp³-hybridized carbons (Fsp3) is 0.222. The number of nitrogen functional groups attached to an aromatic ring is 1. The molecule has 0 radical (unpaired) electrons. The number of Topliss-reactive ketones (excluding diaryl/α,β-unsaturated/α-hetero) is 1. The van der Waals surface area contributed by atoms with Crippen LogP contribution in [0.25, 0.3) is 11.1 Å². The minimum Gasteiger partial charge on any atom is -0.397 e. The highest BCUT2D eigenvalue weighted by Crippen LogP contribution is 2.28. The predicted octanol–water partition coefficient (Wildman–Crippen LogP) is 4.45. The predicted molar refractivity (Wildman–Crippen MR) is 130 cm³/mol. The summed E-state index contributed by atoms with van der Waals surface area (Å²) in [6.45, 7) is 2.35. The number of hydrogen-bond donors (Lipinski definition) is 2. The fourth-order valence-corrected chi connectivity index (χ4v) is 4.10. The van der Waals surface area contributed by atoms with E-state index in [1.165, 1.54) is 12.1 Å². The molecular formula is C27H26FN3O3. The van der Waals surface area contributed by atoms with Gasteiger partial charge < -0.3 is 16.0 Å². The third-order valence-electron chi connectivity index (χ3n) is 6.09. The Hall–Kier alpha value is -4.00. The van der Waals surface area contributed by atoms with Crippen LogP contribution in [-0.4, -0.2) is 35.1 Å². The van der Waals surface area contributed by atoms with Crippen molar-refractivity contribution in [2.24, 2.45) is 0 Å². The van der Waals surface area contributed by atoms with E-state index >= 15 is 0 Å². The number of rotatable bonds is 7. The van der Waals surface area contributed by atoms with Crippen molar-refractivity contribution in [2.75, 3.05) is 17.6 Å². The minimum absolute atomic E-state index is 0.00874. The molecule has 0 aliphatic carbocycles. The zero-order valence-electron chi connectivity index (χ0n) is 18.9. The van der Waals surface area contributed by atoms with E-state index < -0.39 is 6.04 Å². The molecule has 3 N–H and O–H groups in total. The highest BCUT2D eigenvalue weighted by atomic mass is 19.1. The highest BCUT2D eigenvalue weighted by molar-refractivity contribution is 6.06. The number of nitrogens with zero attached hydrogens (tertiary/aromatic N) is 1. The number of carbonyl (C=O) groups excluding carboxylic acids is 3. The summed E-state index contributed by atoms with van der Waals surface area (Å²) in [5, 5.41) is 2.83. The molecule has 1 unspecified atom stereocenters. The lowest BCUT2D eigenvalue weighted by molar-refractivity contribution is -0.135. The maximum Gasteiger partial charge on any atom is 0.255 e. The Kier molecular flexibility index (Phi) is 6.72. The van der Waals surface area contributed by atoms with Gasteiger partial charge in [0.1, 0.15) is 5.82 Å². The molecule has 7 heteroatoms. The van der Waals surface area contributed by atoms with Crippen LogP contribution in [0.5, 0.6) is 0 Å². The topological polar surface area (TPSA) is 92.5 Å². The number of amides is 2. The Morgan fingerprint density at radius 3 is 2.50 bits per heavy atom. The summed E-state index contributed by atoms with van der Waals surface area (Å²) in [6, 6.07) is 17.6. The smallest absolute Gasteiger partial charge is 0.255 e. The molecule has 0 spiro atoms. The summed E-state index contributed by atoms with van der Waals surface area (Å²) in [5.41, 5.74) is 9.57. The second-order valence-electron chi connectivity index (χ2n) is 8.47. The van der Waals surface area contributed by atoms with Crippen molar-refractivity contribution < 1.29 is 18.8 Å². The van der Waals surface area contributed by atoms with Crippen molar-refractivity contribution in [3.63, 3.8) is 0 Å². The minimum atomic E-state index is -0.485. The normalized spacial score (nSPS) is 14.2. The Labute approximate surface area is 197 Å². The van der Waals surface area contributed by atoms with E-state index in [0.29, 0.717) is 35.5 Å². The van der Waals surface area contributed by atoms with Crippen LogP contribution in [0, 0.1) is 5.82 Å². The molecule has 4 rings (SSSR count). The molecule has 0 bridgehead atoms. The summed E-state index contributed by atoms with van der Waals surface area (Å²) in [7, 11) is 0. The summed E-state index contributed by atoms with van der Waals surface area (Å²) in [4.78, 5) is 39.2. The largest absolute Gasteiger partial charge is 0.397 e. The van der Waals surface area contributed by atoms with Gasteiger partial charge in [-0.15, -0.1) is 0 Å². The maximum absolute atomic E-state index is 13.2. The summed E-state index contributed by atoms with van der Waals surface area (Å²) < 4.78 is 13.2. The van der Waals surface area contributed by atoms with Gasteiger partial charge in [-0.3, -0.25) is 14.4 Å². The lowest BCUT2D eigenvalue weighted by atomic mass is 10.0. The van der Waals surface area contributed by atoms with Gasteiger partial charge in [0, 0.05) is 24.9 Å². The average Bonchev–Trinajstić information content (AvgIpc) is 3.26. The van der Waals surface area contributed by atoms with Crippen LogP contribution in [0.15, 0.2) is 66.7 Å². The van der Waals surface area contributed by atoms with Crippen LogP contribution >= 0.6 is 0 Å². The fourth-order valence-electron chi connectivity index (χ4n) is 4.10. The molecule has 3 aromatic rings. The van der Waals surface area contributed by atoms with Crippen molar-refractivity contribution in [2.45, 2.75) is 32.2 Å². The number of likely N-dealkylation sites (tertiary alicyclic amines) is 1. The van der Waals surface area contributed by atoms with Crippen molar-refractivity contribution in [3.05, 3.63) is 83.7 Å². The van der Waals surface area contributed by atoms with Gasteiger partial charge in [-0.25, -0.2) is 4.39 Å². The van der Waals surface area contributed by atoms with Crippen LogP contribution in [0.3, 0.4) is 0 Å². The number of nitrogens with one attached hydrogen (secondary N) is 1.